The Labute approximate surface area is 165 Å². The standard InChI is InChI=1S/C21H27N3O2S/c1-17-6-8-18(9-7-17)27-15-10-22-21(26)16-23-11-13-24(14-12-23)19-4-2-3-5-20(19)25/h2-9,25H,10-16H2,1H3,(H,22,26)/p+1. The molecule has 3 rings (SSSR count). The van der Waals surface area contributed by atoms with Gasteiger partial charge in [0.25, 0.3) is 5.91 Å². The summed E-state index contributed by atoms with van der Waals surface area (Å²) in [5.74, 6) is 1.32. The van der Waals surface area contributed by atoms with Crippen LogP contribution in [-0.2, 0) is 4.79 Å². The van der Waals surface area contributed by atoms with E-state index >= 15 is 0 Å². The lowest BCUT2D eigenvalue weighted by molar-refractivity contribution is -0.892. The zero-order chi connectivity index (χ0) is 19.1. The number of amides is 1. The first-order valence-electron chi connectivity index (χ1n) is 9.44. The minimum atomic E-state index is 0.116. The predicted molar refractivity (Wildman–Crippen MR) is 111 cm³/mol. The SMILES string of the molecule is Cc1ccc(SCCNC(=O)C[NH+]2CCN(c3ccccc3O)CC2)cc1. The van der Waals surface area contributed by atoms with Crippen LogP contribution in [0.1, 0.15) is 5.56 Å². The molecule has 0 bridgehead atoms. The Hall–Kier alpha value is -2.18. The van der Waals surface area contributed by atoms with E-state index in [9.17, 15) is 9.90 Å². The van der Waals surface area contributed by atoms with E-state index in [1.807, 2.05) is 18.2 Å². The Balaban J connectivity index is 1.33. The van der Waals surface area contributed by atoms with E-state index in [1.165, 1.54) is 15.4 Å². The van der Waals surface area contributed by atoms with Gasteiger partial charge in [-0.15, -0.1) is 11.8 Å². The summed E-state index contributed by atoms with van der Waals surface area (Å²) in [5.41, 5.74) is 2.15. The molecule has 0 unspecified atom stereocenters. The lowest BCUT2D eigenvalue weighted by Crippen LogP contribution is -3.16. The topological polar surface area (TPSA) is 57.0 Å². The van der Waals surface area contributed by atoms with Crippen molar-refractivity contribution in [3.8, 4) is 5.75 Å². The fourth-order valence-corrected chi connectivity index (χ4v) is 4.02. The van der Waals surface area contributed by atoms with Gasteiger partial charge in [0.1, 0.15) is 5.75 Å². The quantitative estimate of drug-likeness (QED) is 0.496. The number of hydrogen-bond acceptors (Lipinski definition) is 4. The van der Waals surface area contributed by atoms with Crippen molar-refractivity contribution in [3.63, 3.8) is 0 Å². The van der Waals surface area contributed by atoms with Gasteiger partial charge >= 0.3 is 0 Å². The molecule has 27 heavy (non-hydrogen) atoms. The summed E-state index contributed by atoms with van der Waals surface area (Å²) < 4.78 is 0. The molecule has 1 saturated heterocycles. The third-order valence-electron chi connectivity index (χ3n) is 4.82. The highest BCUT2D eigenvalue weighted by Crippen LogP contribution is 2.25. The average molecular weight is 387 g/mol. The number of piperazine rings is 1. The fourth-order valence-electron chi connectivity index (χ4n) is 3.26. The Kier molecular flexibility index (Phi) is 7.01. The summed E-state index contributed by atoms with van der Waals surface area (Å²) in [6.07, 6.45) is 0. The monoisotopic (exact) mass is 386 g/mol. The Morgan fingerprint density at radius 3 is 2.56 bits per heavy atom. The van der Waals surface area contributed by atoms with Gasteiger partial charge in [0, 0.05) is 17.2 Å². The highest BCUT2D eigenvalue weighted by molar-refractivity contribution is 7.99. The van der Waals surface area contributed by atoms with Crippen molar-refractivity contribution in [1.29, 1.82) is 0 Å². The second-order valence-corrected chi connectivity index (χ2v) is 8.08. The van der Waals surface area contributed by atoms with Crippen molar-refractivity contribution in [2.45, 2.75) is 11.8 Å². The van der Waals surface area contributed by atoms with Crippen LogP contribution < -0.4 is 15.1 Å². The maximum Gasteiger partial charge on any atom is 0.275 e. The number of carbonyl (C=O) groups is 1. The van der Waals surface area contributed by atoms with E-state index in [0.717, 1.165) is 37.6 Å². The maximum absolute atomic E-state index is 12.2. The number of anilines is 1. The number of hydrogen-bond donors (Lipinski definition) is 3. The Morgan fingerprint density at radius 2 is 1.85 bits per heavy atom. The molecule has 2 aromatic carbocycles. The lowest BCUT2D eigenvalue weighted by atomic mass is 10.2. The number of quaternary nitrogens is 1. The van der Waals surface area contributed by atoms with E-state index in [0.29, 0.717) is 18.8 Å². The number of nitrogens with zero attached hydrogens (tertiary/aromatic N) is 1. The van der Waals surface area contributed by atoms with Gasteiger partial charge in [-0.3, -0.25) is 4.79 Å². The number of benzene rings is 2. The molecule has 1 amide bonds. The maximum atomic E-state index is 12.2. The molecular formula is C21H28N3O2S+. The van der Waals surface area contributed by atoms with Crippen molar-refractivity contribution < 1.29 is 14.8 Å². The lowest BCUT2D eigenvalue weighted by Gasteiger charge is -2.33. The van der Waals surface area contributed by atoms with E-state index in [1.54, 1.807) is 17.8 Å². The highest BCUT2D eigenvalue weighted by Gasteiger charge is 2.23. The van der Waals surface area contributed by atoms with Crippen LogP contribution >= 0.6 is 11.8 Å². The van der Waals surface area contributed by atoms with Gasteiger partial charge in [-0.05, 0) is 31.2 Å². The molecule has 1 aliphatic heterocycles. The molecule has 0 saturated carbocycles. The first-order chi connectivity index (χ1) is 13.1. The molecule has 0 radical (unpaired) electrons. The van der Waals surface area contributed by atoms with Crippen molar-refractivity contribution in [1.82, 2.24) is 5.32 Å². The molecule has 0 atom stereocenters. The van der Waals surface area contributed by atoms with Crippen LogP contribution in [0.5, 0.6) is 5.75 Å². The van der Waals surface area contributed by atoms with Gasteiger partial charge < -0.3 is 20.2 Å². The minimum Gasteiger partial charge on any atom is -0.506 e. The largest absolute Gasteiger partial charge is 0.506 e. The summed E-state index contributed by atoms with van der Waals surface area (Å²) >= 11 is 1.76. The normalized spacial score (nSPS) is 14.9. The summed E-state index contributed by atoms with van der Waals surface area (Å²) in [5, 5.41) is 13.0. The van der Waals surface area contributed by atoms with Gasteiger partial charge in [0.15, 0.2) is 6.54 Å². The first-order valence-corrected chi connectivity index (χ1v) is 10.4. The molecule has 0 spiro atoms. The molecule has 0 aliphatic carbocycles. The van der Waals surface area contributed by atoms with E-state index in [-0.39, 0.29) is 5.91 Å². The molecular weight excluding hydrogens is 358 g/mol. The number of nitrogens with one attached hydrogen (secondary N) is 2. The van der Waals surface area contributed by atoms with Gasteiger partial charge in [-0.1, -0.05) is 29.8 Å². The minimum absolute atomic E-state index is 0.116. The predicted octanol–water partition coefficient (Wildman–Crippen LogP) is 1.31. The van der Waals surface area contributed by atoms with Crippen LogP contribution in [0.3, 0.4) is 0 Å². The van der Waals surface area contributed by atoms with Crippen LogP contribution in [-0.4, -0.2) is 56.0 Å². The van der Waals surface area contributed by atoms with Gasteiger partial charge in [0.05, 0.1) is 31.9 Å². The summed E-state index contributed by atoms with van der Waals surface area (Å²) in [6.45, 7) is 6.80. The molecule has 1 fully saturated rings. The van der Waals surface area contributed by atoms with Gasteiger partial charge in [0.2, 0.25) is 0 Å². The molecule has 0 aromatic heterocycles. The van der Waals surface area contributed by atoms with E-state index in [4.69, 9.17) is 0 Å². The third kappa shape index (κ3) is 5.91. The number of aryl methyl sites for hydroxylation is 1. The number of aromatic hydroxyl groups is 1. The summed E-state index contributed by atoms with van der Waals surface area (Å²) in [4.78, 5) is 16.9. The third-order valence-corrected chi connectivity index (χ3v) is 5.83. The van der Waals surface area contributed by atoms with Crippen LogP contribution in [0, 0.1) is 6.92 Å². The number of phenolic OH excluding ortho intramolecular Hbond substituents is 1. The van der Waals surface area contributed by atoms with Crippen LogP contribution in [0.4, 0.5) is 5.69 Å². The number of rotatable bonds is 7. The smallest absolute Gasteiger partial charge is 0.275 e. The molecule has 2 aromatic rings. The van der Waals surface area contributed by atoms with Gasteiger partial charge in [-0.2, -0.15) is 0 Å². The summed E-state index contributed by atoms with van der Waals surface area (Å²) in [7, 11) is 0. The van der Waals surface area contributed by atoms with Gasteiger partial charge in [-0.25, -0.2) is 0 Å². The molecule has 1 heterocycles. The number of carbonyl (C=O) groups excluding carboxylic acids is 1. The molecule has 144 valence electrons. The van der Waals surface area contributed by atoms with Crippen molar-refractivity contribution in [2.75, 3.05) is 49.9 Å². The number of thioether (sulfide) groups is 1. The number of para-hydroxylation sites is 2. The highest BCUT2D eigenvalue weighted by atomic mass is 32.2. The molecule has 1 aliphatic rings. The second-order valence-electron chi connectivity index (χ2n) is 6.91. The van der Waals surface area contributed by atoms with Crippen LogP contribution in [0.2, 0.25) is 0 Å². The summed E-state index contributed by atoms with van der Waals surface area (Å²) in [6, 6.07) is 15.9. The zero-order valence-electron chi connectivity index (χ0n) is 15.8. The molecule has 5 nitrogen and oxygen atoms in total. The Bertz CT molecular complexity index is 743. The number of phenols is 1. The molecule has 3 N–H and O–H groups in total. The van der Waals surface area contributed by atoms with E-state index < -0.39 is 0 Å². The first kappa shape index (κ1) is 19.6. The average Bonchev–Trinajstić information content (AvgIpc) is 2.68. The van der Waals surface area contributed by atoms with Crippen LogP contribution in [0.15, 0.2) is 53.4 Å². The fraction of sp³-hybridized carbons (Fsp3) is 0.381. The van der Waals surface area contributed by atoms with Crippen molar-refractivity contribution in [2.24, 2.45) is 0 Å². The second kappa shape index (κ2) is 9.67. The van der Waals surface area contributed by atoms with E-state index in [2.05, 4.69) is 41.4 Å². The molecule has 6 heteroatoms. The zero-order valence-corrected chi connectivity index (χ0v) is 16.6. The van der Waals surface area contributed by atoms with Crippen molar-refractivity contribution >= 4 is 23.4 Å². The van der Waals surface area contributed by atoms with Crippen LogP contribution in [0.25, 0.3) is 0 Å². The Morgan fingerprint density at radius 1 is 1.15 bits per heavy atom. The van der Waals surface area contributed by atoms with Crippen molar-refractivity contribution in [3.05, 3.63) is 54.1 Å².